The molecule has 0 amide bonds. The first kappa shape index (κ1) is 37.2. The zero-order valence-corrected chi connectivity index (χ0v) is 31.2. The fourth-order valence-corrected chi connectivity index (χ4v) is 6.52. The lowest BCUT2D eigenvalue weighted by Crippen LogP contribution is -2.12. The van der Waals surface area contributed by atoms with Gasteiger partial charge >= 0.3 is 12.0 Å². The molecule has 0 aliphatic heterocycles. The zero-order chi connectivity index (χ0) is 38.7. The summed E-state index contributed by atoms with van der Waals surface area (Å²) < 4.78 is 13.9. The van der Waals surface area contributed by atoms with E-state index in [0.717, 1.165) is 59.0 Å². The average molecular weight is 745 g/mol. The summed E-state index contributed by atoms with van der Waals surface area (Å²) in [6, 6.07) is 32.5. The number of rotatable bonds is 12. The summed E-state index contributed by atoms with van der Waals surface area (Å²) in [5.41, 5.74) is 8.98. The van der Waals surface area contributed by atoms with E-state index in [1.54, 1.807) is 33.9 Å². The smallest absolute Gasteiger partial charge is 0.304 e. The topological polar surface area (TPSA) is 140 Å². The minimum absolute atomic E-state index is 0.0222. The van der Waals surface area contributed by atoms with Gasteiger partial charge < -0.3 is 9.47 Å². The maximum Gasteiger partial charge on any atom is 0.304 e. The third-order valence-corrected chi connectivity index (χ3v) is 9.30. The standard InChI is InChI=1S/2C22H20N4O2/c1-28-22-25-19-12-17(18-13-23-15-24-14-18)10-11-20(19)26(22)21(27)9-5-8-16-6-3-2-4-7-16;1-28-22-25-19-11-10-17(18-13-23-15-24-14-18)12-20(19)26(22)21(27)9-5-8-16-6-3-2-4-7-16/h2*2-4,6-7,10-15H,5,8-9H2,1H3. The predicted octanol–water partition coefficient (Wildman–Crippen LogP) is 8.33. The molecule has 4 aromatic heterocycles. The lowest BCUT2D eigenvalue weighted by molar-refractivity contribution is 0.0885. The Morgan fingerprint density at radius 3 is 1.50 bits per heavy atom. The molecule has 0 N–H and O–H groups in total. The molecule has 0 aliphatic rings. The molecule has 0 radical (unpaired) electrons. The van der Waals surface area contributed by atoms with Gasteiger partial charge in [-0.05, 0) is 72.2 Å². The van der Waals surface area contributed by atoms with Gasteiger partial charge in [0.05, 0.1) is 36.3 Å². The van der Waals surface area contributed by atoms with Crippen LogP contribution < -0.4 is 9.47 Å². The van der Waals surface area contributed by atoms with Crippen LogP contribution in [0.3, 0.4) is 0 Å². The molecule has 0 fully saturated rings. The second-order valence-corrected chi connectivity index (χ2v) is 13.0. The molecule has 0 saturated heterocycles. The van der Waals surface area contributed by atoms with E-state index in [4.69, 9.17) is 9.47 Å². The molecule has 0 spiro atoms. The van der Waals surface area contributed by atoms with Gasteiger partial charge in [-0.2, -0.15) is 9.97 Å². The first-order valence-electron chi connectivity index (χ1n) is 18.3. The van der Waals surface area contributed by atoms with E-state index in [1.165, 1.54) is 38.0 Å². The van der Waals surface area contributed by atoms with Crippen molar-refractivity contribution in [2.75, 3.05) is 14.2 Å². The number of hydrogen-bond acceptors (Lipinski definition) is 10. The molecule has 4 heterocycles. The summed E-state index contributed by atoms with van der Waals surface area (Å²) in [7, 11) is 3.06. The quantitative estimate of drug-likeness (QED) is 0.120. The van der Waals surface area contributed by atoms with Gasteiger partial charge in [0, 0.05) is 48.8 Å². The number of carbonyl (C=O) groups is 2. The minimum atomic E-state index is -0.0308. The van der Waals surface area contributed by atoms with Crippen LogP contribution in [0.1, 0.15) is 46.4 Å². The Morgan fingerprint density at radius 2 is 0.982 bits per heavy atom. The Balaban J connectivity index is 0.000000172. The Kier molecular flexibility index (Phi) is 11.9. The van der Waals surface area contributed by atoms with E-state index in [1.807, 2.05) is 72.8 Å². The number of benzene rings is 4. The van der Waals surface area contributed by atoms with Crippen LogP contribution in [0.5, 0.6) is 12.0 Å². The summed E-state index contributed by atoms with van der Waals surface area (Å²) >= 11 is 0. The number of carbonyl (C=O) groups excluding carboxylic acids is 2. The molecule has 56 heavy (non-hydrogen) atoms. The Labute approximate surface area is 323 Å². The van der Waals surface area contributed by atoms with Gasteiger partial charge in [0.2, 0.25) is 11.8 Å². The highest BCUT2D eigenvalue weighted by atomic mass is 16.5. The highest BCUT2D eigenvalue weighted by Gasteiger charge is 2.19. The molecule has 0 unspecified atom stereocenters. The fraction of sp³-hybridized carbons (Fsp3) is 0.182. The van der Waals surface area contributed by atoms with Crippen molar-refractivity contribution in [1.82, 2.24) is 39.0 Å². The van der Waals surface area contributed by atoms with Crippen molar-refractivity contribution in [2.45, 2.75) is 38.5 Å². The van der Waals surface area contributed by atoms with Crippen LogP contribution in [-0.2, 0) is 12.8 Å². The fourth-order valence-electron chi connectivity index (χ4n) is 6.52. The van der Waals surface area contributed by atoms with E-state index in [2.05, 4.69) is 54.2 Å². The molecule has 0 bridgehead atoms. The van der Waals surface area contributed by atoms with Crippen molar-refractivity contribution >= 4 is 33.9 Å². The third-order valence-electron chi connectivity index (χ3n) is 9.30. The number of imidazole rings is 2. The van der Waals surface area contributed by atoms with Crippen molar-refractivity contribution in [3.05, 3.63) is 146 Å². The van der Waals surface area contributed by atoms with Gasteiger partial charge in [0.15, 0.2) is 0 Å². The summed E-state index contributed by atoms with van der Waals surface area (Å²) in [5, 5.41) is 0. The number of ether oxygens (including phenoxy) is 2. The molecule has 280 valence electrons. The van der Waals surface area contributed by atoms with Gasteiger partial charge in [-0.3, -0.25) is 9.59 Å². The largest absolute Gasteiger partial charge is 0.468 e. The van der Waals surface area contributed by atoms with E-state index in [0.29, 0.717) is 35.9 Å². The number of methoxy groups -OCH3 is 2. The van der Waals surface area contributed by atoms with Crippen molar-refractivity contribution in [3.8, 4) is 34.3 Å². The molecule has 4 aromatic carbocycles. The van der Waals surface area contributed by atoms with Crippen molar-refractivity contribution in [1.29, 1.82) is 0 Å². The summed E-state index contributed by atoms with van der Waals surface area (Å²) in [5.74, 6) is -0.0529. The molecular weight excluding hydrogens is 705 g/mol. The molecule has 8 rings (SSSR count). The average Bonchev–Trinajstić information content (AvgIpc) is 3.83. The van der Waals surface area contributed by atoms with Crippen LogP contribution in [-0.4, -0.2) is 65.1 Å². The molecule has 0 atom stereocenters. The van der Waals surface area contributed by atoms with E-state index in [9.17, 15) is 9.59 Å². The molecule has 0 saturated carbocycles. The normalized spacial score (nSPS) is 10.9. The minimum Gasteiger partial charge on any atom is -0.468 e. The summed E-state index contributed by atoms with van der Waals surface area (Å²) in [4.78, 5) is 51.0. The van der Waals surface area contributed by atoms with Crippen LogP contribution in [0.25, 0.3) is 44.3 Å². The highest BCUT2D eigenvalue weighted by Crippen LogP contribution is 2.29. The molecular formula is C44H40N8O4. The molecule has 12 heteroatoms. The van der Waals surface area contributed by atoms with Crippen molar-refractivity contribution in [2.24, 2.45) is 0 Å². The summed E-state index contributed by atoms with van der Waals surface area (Å²) in [6.45, 7) is 0. The maximum atomic E-state index is 13.0. The Bertz CT molecular complexity index is 2540. The van der Waals surface area contributed by atoms with E-state index < -0.39 is 0 Å². The van der Waals surface area contributed by atoms with Crippen LogP contribution in [0, 0.1) is 0 Å². The highest BCUT2D eigenvalue weighted by molar-refractivity contribution is 5.95. The number of hydrogen-bond donors (Lipinski definition) is 0. The van der Waals surface area contributed by atoms with Gasteiger partial charge in [-0.25, -0.2) is 29.1 Å². The Hall–Kier alpha value is -7.08. The molecule has 0 aliphatic carbocycles. The van der Waals surface area contributed by atoms with E-state index >= 15 is 0 Å². The third kappa shape index (κ3) is 8.65. The lowest BCUT2D eigenvalue weighted by atomic mass is 10.1. The lowest BCUT2D eigenvalue weighted by Gasteiger charge is -2.08. The number of aryl methyl sites for hydroxylation is 2. The molecule has 12 nitrogen and oxygen atoms in total. The van der Waals surface area contributed by atoms with Crippen LogP contribution in [0.4, 0.5) is 0 Å². The predicted molar refractivity (Wildman–Crippen MR) is 215 cm³/mol. The van der Waals surface area contributed by atoms with Gasteiger partial charge in [-0.1, -0.05) is 72.8 Å². The molecule has 8 aromatic rings. The van der Waals surface area contributed by atoms with Crippen LogP contribution in [0.15, 0.2) is 135 Å². The number of nitrogens with zero attached hydrogens (tertiary/aromatic N) is 8. The first-order chi connectivity index (χ1) is 27.5. The second kappa shape index (κ2) is 17.8. The van der Waals surface area contributed by atoms with Gasteiger partial charge in [0.25, 0.3) is 0 Å². The maximum absolute atomic E-state index is 13.0. The SMILES string of the molecule is COc1nc2cc(-c3cncnc3)ccc2n1C(=O)CCCc1ccccc1.COc1nc2ccc(-c3cncnc3)cc2n1C(=O)CCCc1ccccc1. The van der Waals surface area contributed by atoms with Crippen LogP contribution in [0.2, 0.25) is 0 Å². The van der Waals surface area contributed by atoms with E-state index in [-0.39, 0.29) is 11.8 Å². The zero-order valence-electron chi connectivity index (χ0n) is 31.2. The second-order valence-electron chi connectivity index (χ2n) is 13.0. The van der Waals surface area contributed by atoms with Crippen molar-refractivity contribution < 1.29 is 19.1 Å². The van der Waals surface area contributed by atoms with Crippen LogP contribution >= 0.6 is 0 Å². The Morgan fingerprint density at radius 1 is 0.518 bits per heavy atom. The van der Waals surface area contributed by atoms with Gasteiger partial charge in [0.1, 0.15) is 12.7 Å². The van der Waals surface area contributed by atoms with Crippen molar-refractivity contribution in [3.63, 3.8) is 0 Å². The first-order valence-corrected chi connectivity index (χ1v) is 18.3. The number of aromatic nitrogens is 8. The summed E-state index contributed by atoms with van der Waals surface area (Å²) in [6.07, 6.45) is 14.0. The number of fused-ring (bicyclic) bond motifs is 2. The van der Waals surface area contributed by atoms with Gasteiger partial charge in [-0.15, -0.1) is 0 Å². The monoisotopic (exact) mass is 744 g/mol.